The lowest BCUT2D eigenvalue weighted by molar-refractivity contribution is -0.104. The molecule has 1 aromatic rings. The number of allylic oxidation sites excluding steroid dienone is 3. The van der Waals surface area contributed by atoms with Gasteiger partial charge in [0.05, 0.1) is 13.7 Å². The van der Waals surface area contributed by atoms with E-state index in [0.717, 1.165) is 11.8 Å². The molecule has 1 aliphatic heterocycles. The first-order valence-corrected chi connectivity index (χ1v) is 8.60. The summed E-state index contributed by atoms with van der Waals surface area (Å²) in [5.74, 6) is 0.491. The molecule has 0 fully saturated rings. The molecule has 0 aliphatic carbocycles. The molecular formula is C20H25N3O4. The Labute approximate surface area is 159 Å². The van der Waals surface area contributed by atoms with Crippen LogP contribution in [0.1, 0.15) is 33.3 Å². The van der Waals surface area contributed by atoms with E-state index in [2.05, 4.69) is 9.98 Å². The van der Waals surface area contributed by atoms with Crippen LogP contribution in [-0.2, 0) is 16.1 Å². The van der Waals surface area contributed by atoms with Crippen molar-refractivity contribution in [3.05, 3.63) is 47.7 Å². The van der Waals surface area contributed by atoms with Crippen molar-refractivity contribution in [2.24, 2.45) is 4.99 Å². The van der Waals surface area contributed by atoms with Gasteiger partial charge in [0.2, 0.25) is 5.88 Å². The molecule has 7 nitrogen and oxygen atoms in total. The Morgan fingerprint density at radius 1 is 1.33 bits per heavy atom. The number of carbonyl (C=O) groups excluding carboxylic acids is 2. The number of methoxy groups -OCH3 is 1. The molecule has 0 N–H and O–H groups in total. The number of ether oxygens (including phenoxy) is 2. The van der Waals surface area contributed by atoms with E-state index in [-0.39, 0.29) is 6.54 Å². The zero-order chi connectivity index (χ0) is 20.0. The van der Waals surface area contributed by atoms with Crippen LogP contribution in [-0.4, -0.2) is 46.9 Å². The van der Waals surface area contributed by atoms with Gasteiger partial charge in [-0.1, -0.05) is 18.2 Å². The fourth-order valence-electron chi connectivity index (χ4n) is 2.40. The van der Waals surface area contributed by atoms with E-state index >= 15 is 0 Å². The number of hydrogen-bond donors (Lipinski definition) is 0. The highest BCUT2D eigenvalue weighted by molar-refractivity contribution is 6.14. The van der Waals surface area contributed by atoms with Crippen molar-refractivity contribution in [3.8, 4) is 5.88 Å². The number of pyridine rings is 1. The van der Waals surface area contributed by atoms with E-state index in [9.17, 15) is 9.59 Å². The highest BCUT2D eigenvalue weighted by atomic mass is 16.6. The smallest absolute Gasteiger partial charge is 0.412 e. The number of hydrogen-bond acceptors (Lipinski definition) is 6. The Morgan fingerprint density at radius 2 is 2.07 bits per heavy atom. The molecule has 0 saturated carbocycles. The normalized spacial score (nSPS) is 16.7. The molecule has 2 rings (SSSR count). The Bertz CT molecular complexity index is 773. The lowest BCUT2D eigenvalue weighted by Gasteiger charge is -2.30. The number of aliphatic imine (C=N–C) groups is 1. The number of aromatic nitrogens is 1. The van der Waals surface area contributed by atoms with E-state index in [1.807, 2.05) is 26.8 Å². The quantitative estimate of drug-likeness (QED) is 0.742. The molecular weight excluding hydrogens is 346 g/mol. The maximum Gasteiger partial charge on any atom is 0.412 e. The molecule has 0 radical (unpaired) electrons. The maximum absolute atomic E-state index is 12.8. The third-order valence-electron chi connectivity index (χ3n) is 3.74. The SMILES string of the molecule is COc1ccc(CN(C(=O)OC(C)(C)C)C2C=CC=C(C=O)C(C)=N2)cn1. The number of aldehydes is 1. The molecule has 1 amide bonds. The van der Waals surface area contributed by atoms with Gasteiger partial charge in [-0.05, 0) is 39.3 Å². The van der Waals surface area contributed by atoms with Crippen molar-refractivity contribution in [1.82, 2.24) is 9.88 Å². The van der Waals surface area contributed by atoms with Gasteiger partial charge in [-0.3, -0.25) is 14.7 Å². The Balaban J connectivity index is 2.33. The van der Waals surface area contributed by atoms with Crippen molar-refractivity contribution >= 4 is 18.1 Å². The molecule has 0 spiro atoms. The van der Waals surface area contributed by atoms with Crippen LogP contribution in [0.15, 0.2) is 47.1 Å². The number of rotatable bonds is 5. The minimum Gasteiger partial charge on any atom is -0.481 e. The number of carbonyl (C=O) groups is 2. The highest BCUT2D eigenvalue weighted by Gasteiger charge is 2.28. The Morgan fingerprint density at radius 3 is 2.63 bits per heavy atom. The monoisotopic (exact) mass is 371 g/mol. The van der Waals surface area contributed by atoms with Gasteiger partial charge in [-0.25, -0.2) is 9.78 Å². The Kier molecular flexibility index (Phi) is 6.50. The lowest BCUT2D eigenvalue weighted by atomic mass is 10.2. The molecule has 0 bridgehead atoms. The summed E-state index contributed by atoms with van der Waals surface area (Å²) in [5, 5.41) is 0. The van der Waals surface area contributed by atoms with Gasteiger partial charge < -0.3 is 9.47 Å². The standard InChI is InChI=1S/C20H25N3O4/c1-14-16(13-24)7-6-8-17(22-14)23(19(25)27-20(2,3)4)12-15-9-10-18(26-5)21-11-15/h6-11,13,17H,12H2,1-5H3. The summed E-state index contributed by atoms with van der Waals surface area (Å²) in [6.45, 7) is 7.40. The van der Waals surface area contributed by atoms with Crippen LogP contribution >= 0.6 is 0 Å². The van der Waals surface area contributed by atoms with Gasteiger partial charge in [0, 0.05) is 23.5 Å². The minimum atomic E-state index is -0.646. The van der Waals surface area contributed by atoms with Crippen LogP contribution in [0.25, 0.3) is 0 Å². The topological polar surface area (TPSA) is 81.1 Å². The van der Waals surface area contributed by atoms with E-state index in [1.165, 1.54) is 4.90 Å². The van der Waals surface area contributed by atoms with E-state index in [0.29, 0.717) is 17.2 Å². The van der Waals surface area contributed by atoms with E-state index < -0.39 is 17.9 Å². The van der Waals surface area contributed by atoms with Crippen LogP contribution in [0.4, 0.5) is 4.79 Å². The van der Waals surface area contributed by atoms with Gasteiger partial charge >= 0.3 is 6.09 Å². The summed E-state index contributed by atoms with van der Waals surface area (Å²) in [5.41, 5.74) is 1.19. The van der Waals surface area contributed by atoms with Crippen molar-refractivity contribution in [2.45, 2.75) is 46.0 Å². The van der Waals surface area contributed by atoms with Gasteiger partial charge in [0.1, 0.15) is 11.8 Å². The summed E-state index contributed by atoms with van der Waals surface area (Å²) >= 11 is 0. The maximum atomic E-state index is 12.8. The summed E-state index contributed by atoms with van der Waals surface area (Å²) in [4.78, 5) is 34.2. The first kappa shape index (κ1) is 20.4. The van der Waals surface area contributed by atoms with Gasteiger partial charge in [-0.15, -0.1) is 0 Å². The van der Waals surface area contributed by atoms with Crippen molar-refractivity contribution < 1.29 is 19.1 Å². The highest BCUT2D eigenvalue weighted by Crippen LogP contribution is 2.19. The van der Waals surface area contributed by atoms with Crippen LogP contribution in [0.3, 0.4) is 0 Å². The average Bonchev–Trinajstić information content (AvgIpc) is 2.79. The van der Waals surface area contributed by atoms with Crippen LogP contribution in [0.5, 0.6) is 5.88 Å². The summed E-state index contributed by atoms with van der Waals surface area (Å²) in [7, 11) is 1.54. The molecule has 2 heterocycles. The molecule has 1 atom stereocenters. The average molecular weight is 371 g/mol. The van der Waals surface area contributed by atoms with Gasteiger partial charge in [-0.2, -0.15) is 0 Å². The second-order valence-corrected chi connectivity index (χ2v) is 7.07. The third-order valence-corrected chi connectivity index (χ3v) is 3.74. The van der Waals surface area contributed by atoms with Crippen LogP contribution in [0.2, 0.25) is 0 Å². The predicted octanol–water partition coefficient (Wildman–Crippen LogP) is 3.31. The van der Waals surface area contributed by atoms with Crippen LogP contribution < -0.4 is 4.74 Å². The second-order valence-electron chi connectivity index (χ2n) is 7.07. The predicted molar refractivity (Wildman–Crippen MR) is 103 cm³/mol. The molecule has 1 aliphatic rings. The van der Waals surface area contributed by atoms with E-state index in [4.69, 9.17) is 9.47 Å². The zero-order valence-corrected chi connectivity index (χ0v) is 16.3. The van der Waals surface area contributed by atoms with Crippen molar-refractivity contribution in [3.63, 3.8) is 0 Å². The molecule has 0 saturated heterocycles. The molecule has 0 aromatic carbocycles. The van der Waals surface area contributed by atoms with Crippen molar-refractivity contribution in [1.29, 1.82) is 0 Å². The third kappa shape index (κ3) is 5.77. The number of amides is 1. The number of nitrogens with zero attached hydrogens (tertiary/aromatic N) is 3. The fourth-order valence-corrected chi connectivity index (χ4v) is 2.40. The van der Waals surface area contributed by atoms with Gasteiger partial charge in [0.25, 0.3) is 0 Å². The molecule has 7 heteroatoms. The first-order valence-electron chi connectivity index (χ1n) is 8.60. The minimum absolute atomic E-state index is 0.244. The largest absolute Gasteiger partial charge is 0.481 e. The second kappa shape index (κ2) is 8.62. The molecule has 1 unspecified atom stereocenters. The molecule has 1 aromatic heterocycles. The van der Waals surface area contributed by atoms with Crippen LogP contribution in [0, 0.1) is 0 Å². The summed E-state index contributed by atoms with van der Waals surface area (Å²) in [6.07, 6.45) is 6.43. The van der Waals surface area contributed by atoms with E-state index in [1.54, 1.807) is 44.5 Å². The summed E-state index contributed by atoms with van der Waals surface area (Å²) < 4.78 is 10.6. The van der Waals surface area contributed by atoms with Crippen molar-refractivity contribution in [2.75, 3.05) is 7.11 Å². The van der Waals surface area contributed by atoms with Gasteiger partial charge in [0.15, 0.2) is 6.29 Å². The molecule has 27 heavy (non-hydrogen) atoms. The lowest BCUT2D eigenvalue weighted by Crippen LogP contribution is -2.41. The summed E-state index contributed by atoms with van der Waals surface area (Å²) in [6, 6.07) is 3.56. The molecule has 144 valence electrons. The first-order chi connectivity index (χ1) is 12.7. The fraction of sp³-hybridized carbons (Fsp3) is 0.400. The zero-order valence-electron chi connectivity index (χ0n) is 16.3. The Hall–Kier alpha value is -2.96.